The maximum atomic E-state index is 9.09. The van der Waals surface area contributed by atoms with Crippen LogP contribution in [0, 0.1) is 0 Å². The minimum Gasteiger partial charge on any atom is -0.492 e. The Bertz CT molecular complexity index is 304. The largest absolute Gasteiger partial charge is 0.492 e. The topological polar surface area (TPSA) is 58.9 Å². The third kappa shape index (κ3) is 4.22. The second-order valence-electron chi connectivity index (χ2n) is 3.37. The molecule has 0 amide bonds. The average molecular weight is 224 g/mol. The lowest BCUT2D eigenvalue weighted by Crippen LogP contribution is -2.31. The Morgan fingerprint density at radius 1 is 1.12 bits per heavy atom. The molecule has 0 radical (unpaired) electrons. The molecule has 0 unspecified atom stereocenters. The first-order valence-corrected chi connectivity index (χ1v) is 5.41. The van der Waals surface area contributed by atoms with Crippen molar-refractivity contribution in [3.05, 3.63) is 24.3 Å². The van der Waals surface area contributed by atoms with Crippen LogP contribution in [0.1, 0.15) is 13.3 Å². The van der Waals surface area contributed by atoms with Gasteiger partial charge in [0.2, 0.25) is 0 Å². The van der Waals surface area contributed by atoms with Gasteiger partial charge in [-0.3, -0.25) is 0 Å². The molecule has 0 saturated carbocycles. The molecular weight excluding hydrogens is 207 g/mol. The summed E-state index contributed by atoms with van der Waals surface area (Å²) < 4.78 is 10.7. The van der Waals surface area contributed by atoms with E-state index in [-0.39, 0.29) is 0 Å². The molecule has 0 atom stereocenters. The van der Waals surface area contributed by atoms with Gasteiger partial charge in [0.15, 0.2) is 0 Å². The maximum absolute atomic E-state index is 9.09. The molecule has 0 aliphatic rings. The van der Waals surface area contributed by atoms with Gasteiger partial charge < -0.3 is 19.5 Å². The molecule has 5 heteroatoms. The third-order valence-electron chi connectivity index (χ3n) is 2.03. The fourth-order valence-electron chi connectivity index (χ4n) is 1.28. The minimum absolute atomic E-state index is 0.373. The van der Waals surface area contributed by atoms with Crippen LogP contribution in [0.5, 0.6) is 5.75 Å². The summed E-state index contributed by atoms with van der Waals surface area (Å²) in [7, 11) is -1.51. The van der Waals surface area contributed by atoms with Gasteiger partial charge >= 0.3 is 7.12 Å². The molecule has 0 heterocycles. The van der Waals surface area contributed by atoms with Gasteiger partial charge in [-0.1, -0.05) is 25.1 Å². The van der Waals surface area contributed by atoms with E-state index in [1.165, 1.54) is 0 Å². The van der Waals surface area contributed by atoms with E-state index in [4.69, 9.17) is 19.5 Å². The molecule has 0 aromatic heterocycles. The van der Waals surface area contributed by atoms with E-state index < -0.39 is 7.12 Å². The molecule has 0 aliphatic heterocycles. The zero-order valence-corrected chi connectivity index (χ0v) is 9.43. The first kappa shape index (κ1) is 13.0. The second kappa shape index (κ2) is 7.27. The summed E-state index contributed by atoms with van der Waals surface area (Å²) in [4.78, 5) is 0. The summed E-state index contributed by atoms with van der Waals surface area (Å²) >= 11 is 0. The normalized spacial score (nSPS) is 10.2. The van der Waals surface area contributed by atoms with E-state index in [0.29, 0.717) is 31.0 Å². The van der Waals surface area contributed by atoms with Crippen LogP contribution in [0.4, 0.5) is 0 Å². The van der Waals surface area contributed by atoms with E-state index in [2.05, 4.69) is 0 Å². The summed E-state index contributed by atoms with van der Waals surface area (Å²) in [5.74, 6) is 0.484. The van der Waals surface area contributed by atoms with Crippen molar-refractivity contribution in [2.45, 2.75) is 13.3 Å². The molecule has 1 aromatic rings. The highest BCUT2D eigenvalue weighted by Gasteiger charge is 2.15. The lowest BCUT2D eigenvalue weighted by molar-refractivity contribution is 0.101. The molecule has 0 saturated heterocycles. The van der Waals surface area contributed by atoms with Gasteiger partial charge in [-0.25, -0.2) is 0 Å². The molecule has 1 aromatic carbocycles. The van der Waals surface area contributed by atoms with Crippen LogP contribution in [0.3, 0.4) is 0 Å². The van der Waals surface area contributed by atoms with Gasteiger partial charge in [0.25, 0.3) is 0 Å². The van der Waals surface area contributed by atoms with Crippen molar-refractivity contribution in [3.63, 3.8) is 0 Å². The Hall–Kier alpha value is -1.04. The highest BCUT2D eigenvalue weighted by atomic mass is 16.5. The van der Waals surface area contributed by atoms with E-state index >= 15 is 0 Å². The molecule has 0 aliphatic carbocycles. The van der Waals surface area contributed by atoms with Crippen molar-refractivity contribution in [2.75, 3.05) is 19.8 Å². The molecule has 0 fully saturated rings. The van der Waals surface area contributed by atoms with Gasteiger partial charge in [-0.05, 0) is 12.5 Å². The Morgan fingerprint density at radius 3 is 2.56 bits per heavy atom. The SMILES string of the molecule is CCCOCCOc1ccccc1B(O)O. The predicted octanol–water partition coefficient (Wildman–Crippen LogP) is 0.172. The number of ether oxygens (including phenoxy) is 2. The van der Waals surface area contributed by atoms with Crippen LogP contribution in [-0.4, -0.2) is 37.0 Å². The van der Waals surface area contributed by atoms with Gasteiger partial charge in [-0.15, -0.1) is 0 Å². The number of hydrogen-bond donors (Lipinski definition) is 2. The molecule has 2 N–H and O–H groups in total. The van der Waals surface area contributed by atoms with Crippen molar-refractivity contribution in [1.82, 2.24) is 0 Å². The number of benzene rings is 1. The van der Waals surface area contributed by atoms with Gasteiger partial charge in [-0.2, -0.15) is 0 Å². The second-order valence-corrected chi connectivity index (χ2v) is 3.37. The summed E-state index contributed by atoms with van der Waals surface area (Å²) in [6.45, 7) is 3.67. The van der Waals surface area contributed by atoms with Crippen molar-refractivity contribution in [1.29, 1.82) is 0 Å². The smallest absolute Gasteiger partial charge is 0.492 e. The van der Waals surface area contributed by atoms with E-state index in [1.54, 1.807) is 24.3 Å². The zero-order chi connectivity index (χ0) is 11.8. The Kier molecular flexibility index (Phi) is 5.92. The van der Waals surface area contributed by atoms with Gasteiger partial charge in [0.05, 0.1) is 6.61 Å². The average Bonchev–Trinajstić information content (AvgIpc) is 2.29. The molecule has 88 valence electrons. The standard InChI is InChI=1S/C11H17BO4/c1-2-7-15-8-9-16-11-6-4-3-5-10(11)12(13)14/h3-6,13-14H,2,7-9H2,1H3. The quantitative estimate of drug-likeness (QED) is 0.512. The van der Waals surface area contributed by atoms with Crippen molar-refractivity contribution < 1.29 is 19.5 Å². The summed E-state index contributed by atoms with van der Waals surface area (Å²) in [5, 5.41) is 18.2. The van der Waals surface area contributed by atoms with Crippen LogP contribution in [0.25, 0.3) is 0 Å². The fraction of sp³-hybridized carbons (Fsp3) is 0.455. The predicted molar refractivity (Wildman–Crippen MR) is 62.9 cm³/mol. The number of rotatable bonds is 7. The lowest BCUT2D eigenvalue weighted by Gasteiger charge is -2.10. The summed E-state index contributed by atoms with van der Waals surface area (Å²) in [6, 6.07) is 6.84. The fourth-order valence-corrected chi connectivity index (χ4v) is 1.28. The van der Waals surface area contributed by atoms with Crippen LogP contribution >= 0.6 is 0 Å². The molecular formula is C11H17BO4. The summed E-state index contributed by atoms with van der Waals surface area (Å²) in [5.41, 5.74) is 0.373. The highest BCUT2D eigenvalue weighted by Crippen LogP contribution is 2.06. The zero-order valence-electron chi connectivity index (χ0n) is 9.43. The third-order valence-corrected chi connectivity index (χ3v) is 2.03. The van der Waals surface area contributed by atoms with Crippen molar-refractivity contribution in [3.8, 4) is 5.75 Å². The van der Waals surface area contributed by atoms with Crippen molar-refractivity contribution in [2.24, 2.45) is 0 Å². The number of para-hydroxylation sites is 1. The van der Waals surface area contributed by atoms with Crippen LogP contribution in [0.15, 0.2) is 24.3 Å². The van der Waals surface area contributed by atoms with Crippen LogP contribution < -0.4 is 10.2 Å². The van der Waals surface area contributed by atoms with Gasteiger partial charge in [0.1, 0.15) is 12.4 Å². The lowest BCUT2D eigenvalue weighted by atomic mass is 9.79. The van der Waals surface area contributed by atoms with Crippen molar-refractivity contribution >= 4 is 12.6 Å². The summed E-state index contributed by atoms with van der Waals surface area (Å²) in [6.07, 6.45) is 0.978. The maximum Gasteiger partial charge on any atom is 0.492 e. The number of hydrogen-bond acceptors (Lipinski definition) is 4. The highest BCUT2D eigenvalue weighted by molar-refractivity contribution is 6.59. The molecule has 0 bridgehead atoms. The van der Waals surface area contributed by atoms with E-state index in [0.717, 1.165) is 6.42 Å². The van der Waals surface area contributed by atoms with Crippen LogP contribution in [-0.2, 0) is 4.74 Å². The monoisotopic (exact) mass is 224 g/mol. The Balaban J connectivity index is 2.41. The van der Waals surface area contributed by atoms with Crippen LogP contribution in [0.2, 0.25) is 0 Å². The molecule has 0 spiro atoms. The minimum atomic E-state index is -1.51. The first-order chi connectivity index (χ1) is 7.75. The molecule has 1 rings (SSSR count). The molecule has 16 heavy (non-hydrogen) atoms. The first-order valence-electron chi connectivity index (χ1n) is 5.41. The Morgan fingerprint density at radius 2 is 1.88 bits per heavy atom. The van der Waals surface area contributed by atoms with E-state index in [1.807, 2.05) is 6.92 Å². The molecule has 4 nitrogen and oxygen atoms in total. The van der Waals surface area contributed by atoms with Gasteiger partial charge in [0, 0.05) is 12.1 Å². The van der Waals surface area contributed by atoms with E-state index in [9.17, 15) is 0 Å². The Labute approximate surface area is 96.0 Å².